The molecular formula is C50H41N. The van der Waals surface area contributed by atoms with Gasteiger partial charge in [-0.15, -0.1) is 0 Å². The van der Waals surface area contributed by atoms with E-state index in [1.807, 2.05) is 0 Å². The first-order valence-electron chi connectivity index (χ1n) is 18.9. The third kappa shape index (κ3) is 4.09. The summed E-state index contributed by atoms with van der Waals surface area (Å²) in [4.78, 5) is 2.52. The van der Waals surface area contributed by atoms with Gasteiger partial charge in [0.25, 0.3) is 0 Å². The lowest BCUT2D eigenvalue weighted by Gasteiger charge is -2.37. The Hall–Kier alpha value is -5.40. The van der Waals surface area contributed by atoms with Crippen molar-refractivity contribution in [1.82, 2.24) is 0 Å². The Morgan fingerprint density at radius 3 is 1.78 bits per heavy atom. The lowest BCUT2D eigenvalue weighted by atomic mass is 9.67. The second kappa shape index (κ2) is 10.6. The summed E-state index contributed by atoms with van der Waals surface area (Å²) >= 11 is 0. The van der Waals surface area contributed by atoms with Crippen molar-refractivity contribution >= 4 is 27.8 Å². The van der Waals surface area contributed by atoms with E-state index in [0.717, 1.165) is 11.8 Å². The topological polar surface area (TPSA) is 3.24 Å². The molecule has 1 spiro atoms. The highest BCUT2D eigenvalue weighted by Gasteiger charge is 2.56. The van der Waals surface area contributed by atoms with Crippen LogP contribution in [0.4, 0.5) is 17.1 Å². The Bertz CT molecular complexity index is 2540. The molecule has 1 heteroatoms. The summed E-state index contributed by atoms with van der Waals surface area (Å²) in [6.07, 6.45) is 5.41. The zero-order chi connectivity index (χ0) is 33.9. The Morgan fingerprint density at radius 2 is 1.06 bits per heavy atom. The minimum absolute atomic E-state index is 0.0692. The van der Waals surface area contributed by atoms with Crippen molar-refractivity contribution in [1.29, 1.82) is 0 Å². The summed E-state index contributed by atoms with van der Waals surface area (Å²) in [6, 6.07) is 57.6. The Labute approximate surface area is 301 Å². The summed E-state index contributed by atoms with van der Waals surface area (Å²) in [5.74, 6) is 1.58. The molecule has 0 radical (unpaired) electrons. The van der Waals surface area contributed by atoms with Crippen LogP contribution in [0.5, 0.6) is 0 Å². The fraction of sp³-hybridized carbons (Fsp3) is 0.200. The van der Waals surface area contributed by atoms with E-state index in [2.05, 4.69) is 170 Å². The molecule has 3 atom stereocenters. The standard InChI is InChI=1S/C50H41N/c1-49(2)45-13-7-5-11-41(45)43-25-23-39(29-47(43)49)51(38-21-18-34(19-22-38)36-17-16-33-9-3-4-10-35(33)28-36)40-24-26-44-42-12-6-8-14-46(42)50(48(44)30-40)31-32-15-20-37(50)27-32/h3-14,16-19,21-26,28-30,32,37H,15,20,27,31H2,1-2H3. The minimum Gasteiger partial charge on any atom is -0.310 e. The Morgan fingerprint density at radius 1 is 0.471 bits per heavy atom. The van der Waals surface area contributed by atoms with Crippen LogP contribution < -0.4 is 4.90 Å². The van der Waals surface area contributed by atoms with E-state index in [1.54, 1.807) is 11.1 Å². The molecular weight excluding hydrogens is 615 g/mol. The molecule has 2 fully saturated rings. The number of hydrogen-bond acceptors (Lipinski definition) is 1. The lowest BCUT2D eigenvalue weighted by Crippen LogP contribution is -2.32. The monoisotopic (exact) mass is 655 g/mol. The van der Waals surface area contributed by atoms with Gasteiger partial charge in [-0.2, -0.15) is 0 Å². The Kier molecular flexibility index (Phi) is 6.08. The van der Waals surface area contributed by atoms with Gasteiger partial charge in [0.2, 0.25) is 0 Å². The highest BCUT2D eigenvalue weighted by atomic mass is 15.1. The predicted octanol–water partition coefficient (Wildman–Crippen LogP) is 13.4. The molecule has 0 heterocycles. The Balaban J connectivity index is 1.08. The summed E-state index contributed by atoms with van der Waals surface area (Å²) in [7, 11) is 0. The van der Waals surface area contributed by atoms with E-state index < -0.39 is 0 Å². The average molecular weight is 656 g/mol. The van der Waals surface area contributed by atoms with E-state index in [4.69, 9.17) is 0 Å². The van der Waals surface area contributed by atoms with Crippen LogP contribution in [0.3, 0.4) is 0 Å². The quantitative estimate of drug-likeness (QED) is 0.182. The fourth-order valence-corrected chi connectivity index (χ4v) is 11.0. The van der Waals surface area contributed by atoms with Crippen molar-refractivity contribution in [2.45, 2.75) is 50.4 Å². The molecule has 11 rings (SSSR count). The summed E-state index contributed by atoms with van der Waals surface area (Å²) in [5.41, 5.74) is 17.8. The third-order valence-corrected chi connectivity index (χ3v) is 13.3. The van der Waals surface area contributed by atoms with Gasteiger partial charge < -0.3 is 4.90 Å². The molecule has 3 unspecified atom stereocenters. The highest BCUT2D eigenvalue weighted by Crippen LogP contribution is 2.66. The predicted molar refractivity (Wildman–Crippen MR) is 213 cm³/mol. The van der Waals surface area contributed by atoms with Crippen molar-refractivity contribution in [2.24, 2.45) is 11.8 Å². The molecule has 7 aromatic carbocycles. The highest BCUT2D eigenvalue weighted by molar-refractivity contribution is 5.90. The molecule has 51 heavy (non-hydrogen) atoms. The number of rotatable bonds is 4. The molecule has 2 saturated carbocycles. The molecule has 0 aliphatic heterocycles. The van der Waals surface area contributed by atoms with Crippen LogP contribution in [0.15, 0.2) is 152 Å². The molecule has 4 aliphatic rings. The van der Waals surface area contributed by atoms with Gasteiger partial charge in [0.05, 0.1) is 0 Å². The van der Waals surface area contributed by atoms with Gasteiger partial charge in [0.1, 0.15) is 0 Å². The van der Waals surface area contributed by atoms with Gasteiger partial charge in [-0.3, -0.25) is 0 Å². The second-order valence-electron chi connectivity index (χ2n) is 16.2. The van der Waals surface area contributed by atoms with Gasteiger partial charge in [-0.05, 0) is 140 Å². The van der Waals surface area contributed by atoms with Crippen molar-refractivity contribution < 1.29 is 0 Å². The summed E-state index contributed by atoms with van der Waals surface area (Å²) < 4.78 is 0. The molecule has 246 valence electrons. The van der Waals surface area contributed by atoms with Crippen LogP contribution >= 0.6 is 0 Å². The van der Waals surface area contributed by atoms with Crippen molar-refractivity contribution in [3.63, 3.8) is 0 Å². The van der Waals surface area contributed by atoms with E-state index in [0.29, 0.717) is 0 Å². The number of benzene rings is 7. The van der Waals surface area contributed by atoms with Gasteiger partial charge in [0, 0.05) is 27.9 Å². The SMILES string of the molecule is CC1(C)c2ccccc2-c2ccc(N(c3ccc(-c4ccc5ccccc5c4)cc3)c3ccc4c(c3)C3(CC5CCC3C5)c3ccccc3-4)cc21. The fourth-order valence-electron chi connectivity index (χ4n) is 11.0. The van der Waals surface area contributed by atoms with E-state index in [1.165, 1.54) is 98.0 Å². The largest absolute Gasteiger partial charge is 0.310 e. The number of fused-ring (bicyclic) bond motifs is 12. The first kappa shape index (κ1) is 29.3. The maximum atomic E-state index is 2.58. The molecule has 0 aromatic heterocycles. The first-order valence-corrected chi connectivity index (χ1v) is 18.9. The minimum atomic E-state index is -0.0692. The van der Waals surface area contributed by atoms with Crippen molar-refractivity contribution in [3.05, 3.63) is 174 Å². The first-order chi connectivity index (χ1) is 25.0. The molecule has 0 N–H and O–H groups in total. The molecule has 0 amide bonds. The molecule has 0 saturated heterocycles. The van der Waals surface area contributed by atoms with Crippen LogP contribution in [0.1, 0.15) is 61.8 Å². The molecule has 1 nitrogen and oxygen atoms in total. The van der Waals surface area contributed by atoms with Gasteiger partial charge in [-0.1, -0.05) is 129 Å². The molecule has 4 aliphatic carbocycles. The number of anilines is 3. The van der Waals surface area contributed by atoms with E-state index >= 15 is 0 Å². The van der Waals surface area contributed by atoms with Crippen LogP contribution in [-0.4, -0.2) is 0 Å². The van der Waals surface area contributed by atoms with Crippen LogP contribution in [0, 0.1) is 11.8 Å². The van der Waals surface area contributed by atoms with E-state index in [-0.39, 0.29) is 10.8 Å². The average Bonchev–Trinajstić information content (AvgIpc) is 3.92. The van der Waals surface area contributed by atoms with Crippen LogP contribution in [0.2, 0.25) is 0 Å². The zero-order valence-electron chi connectivity index (χ0n) is 29.4. The van der Waals surface area contributed by atoms with Crippen LogP contribution in [-0.2, 0) is 10.8 Å². The van der Waals surface area contributed by atoms with E-state index in [9.17, 15) is 0 Å². The smallest absolute Gasteiger partial charge is 0.0465 e. The third-order valence-electron chi connectivity index (χ3n) is 13.3. The van der Waals surface area contributed by atoms with Crippen molar-refractivity contribution in [3.8, 4) is 33.4 Å². The zero-order valence-corrected chi connectivity index (χ0v) is 29.4. The van der Waals surface area contributed by atoms with Crippen LogP contribution in [0.25, 0.3) is 44.2 Å². The van der Waals surface area contributed by atoms with Gasteiger partial charge in [0.15, 0.2) is 0 Å². The molecule has 2 bridgehead atoms. The number of hydrogen-bond donors (Lipinski definition) is 0. The van der Waals surface area contributed by atoms with Gasteiger partial charge >= 0.3 is 0 Å². The maximum Gasteiger partial charge on any atom is 0.0465 e. The van der Waals surface area contributed by atoms with Gasteiger partial charge in [-0.25, -0.2) is 0 Å². The maximum absolute atomic E-state index is 2.58. The molecule has 7 aromatic rings. The number of nitrogens with zero attached hydrogens (tertiary/aromatic N) is 1. The second-order valence-corrected chi connectivity index (χ2v) is 16.2. The van der Waals surface area contributed by atoms with Crippen molar-refractivity contribution in [2.75, 3.05) is 4.90 Å². The normalized spacial score (nSPS) is 21.5. The lowest BCUT2D eigenvalue weighted by molar-refractivity contribution is 0.327. The summed E-state index contributed by atoms with van der Waals surface area (Å²) in [5, 5.41) is 2.55. The summed E-state index contributed by atoms with van der Waals surface area (Å²) in [6.45, 7) is 4.77.